The Hall–Kier alpha value is -1.68. The van der Waals surface area contributed by atoms with Gasteiger partial charge >= 0.3 is 0 Å². The second-order valence-electron chi connectivity index (χ2n) is 6.14. The Morgan fingerprint density at radius 1 is 0.520 bits per heavy atom. The molecule has 0 saturated heterocycles. The molecule has 0 atom stereocenters. The van der Waals surface area contributed by atoms with Gasteiger partial charge in [-0.3, -0.25) is 0 Å². The van der Waals surface area contributed by atoms with Gasteiger partial charge in [0.1, 0.15) is 0 Å². The zero-order valence-electron chi connectivity index (χ0n) is 13.5. The van der Waals surface area contributed by atoms with Crippen molar-refractivity contribution in [2.24, 2.45) is 0 Å². The van der Waals surface area contributed by atoms with E-state index < -0.39 is 0 Å². The first-order valence-corrected chi connectivity index (χ1v) is 9.70. The van der Waals surface area contributed by atoms with Crippen molar-refractivity contribution in [3.05, 3.63) is 92.9 Å². The van der Waals surface area contributed by atoms with Crippen molar-refractivity contribution in [3.63, 3.8) is 0 Å². The molecule has 0 aliphatic heterocycles. The van der Waals surface area contributed by atoms with Crippen molar-refractivity contribution in [2.75, 3.05) is 0 Å². The van der Waals surface area contributed by atoms with E-state index in [1.54, 1.807) is 0 Å². The molecule has 0 N–H and O–H groups in total. The summed E-state index contributed by atoms with van der Waals surface area (Å²) in [7, 11) is 0. The van der Waals surface area contributed by atoms with Crippen molar-refractivity contribution in [1.82, 2.24) is 0 Å². The predicted molar refractivity (Wildman–Crippen MR) is 112 cm³/mol. The van der Waals surface area contributed by atoms with Crippen LogP contribution < -0.4 is 0 Å². The Kier molecular flexibility index (Phi) is 4.89. The molecule has 0 radical (unpaired) electrons. The Balaban J connectivity index is 1.45. The van der Waals surface area contributed by atoms with Crippen LogP contribution in [-0.2, 0) is 18.0 Å². The first kappa shape index (κ1) is 16.8. The highest BCUT2D eigenvalue weighted by Gasteiger charge is 2.01. The summed E-state index contributed by atoms with van der Waals surface area (Å²) >= 11 is 7.02. The molecule has 0 unspecified atom stereocenters. The summed E-state index contributed by atoms with van der Waals surface area (Å²) < 4.78 is 8.14. The predicted octanol–water partition coefficient (Wildman–Crippen LogP) is 7.23. The molecule has 0 amide bonds. The standard InChI is InChI=1S/C22H16Br2O/c23-21-7-5-17-9-15(1-3-19(17)11-21)13-25-14-16-2-4-20-12-22(24)8-6-18(20)10-16/h1-12H,13-14H2. The Labute approximate surface area is 163 Å². The number of benzene rings is 4. The summed E-state index contributed by atoms with van der Waals surface area (Å²) in [6, 6.07) is 25.6. The fourth-order valence-corrected chi connectivity index (χ4v) is 3.76. The van der Waals surface area contributed by atoms with E-state index in [9.17, 15) is 0 Å². The molecular formula is C22H16Br2O. The van der Waals surface area contributed by atoms with Crippen molar-refractivity contribution in [2.45, 2.75) is 13.2 Å². The van der Waals surface area contributed by atoms with E-state index in [0.29, 0.717) is 13.2 Å². The molecule has 0 aliphatic carbocycles. The van der Waals surface area contributed by atoms with Crippen LogP contribution in [0.2, 0.25) is 0 Å². The van der Waals surface area contributed by atoms with Gasteiger partial charge in [-0.1, -0.05) is 68.3 Å². The number of fused-ring (bicyclic) bond motifs is 2. The molecular weight excluding hydrogens is 440 g/mol. The average Bonchev–Trinajstić information content (AvgIpc) is 2.62. The van der Waals surface area contributed by atoms with Crippen molar-refractivity contribution >= 4 is 53.4 Å². The van der Waals surface area contributed by atoms with Crippen LogP contribution >= 0.6 is 31.9 Å². The minimum absolute atomic E-state index is 0.615. The van der Waals surface area contributed by atoms with Gasteiger partial charge in [0, 0.05) is 8.95 Å². The van der Waals surface area contributed by atoms with E-state index in [1.807, 2.05) is 0 Å². The molecule has 4 aromatic rings. The molecule has 0 heterocycles. The second kappa shape index (κ2) is 7.28. The van der Waals surface area contributed by atoms with Gasteiger partial charge in [0.15, 0.2) is 0 Å². The topological polar surface area (TPSA) is 9.23 Å². The van der Waals surface area contributed by atoms with Gasteiger partial charge in [0.25, 0.3) is 0 Å². The summed E-state index contributed by atoms with van der Waals surface area (Å²) in [5.41, 5.74) is 2.39. The van der Waals surface area contributed by atoms with Gasteiger partial charge in [-0.15, -0.1) is 0 Å². The quantitative estimate of drug-likeness (QED) is 0.315. The lowest BCUT2D eigenvalue weighted by Gasteiger charge is -2.08. The Morgan fingerprint density at radius 3 is 1.40 bits per heavy atom. The van der Waals surface area contributed by atoms with Crippen molar-refractivity contribution in [1.29, 1.82) is 0 Å². The maximum absolute atomic E-state index is 5.93. The fraction of sp³-hybridized carbons (Fsp3) is 0.0909. The summed E-state index contributed by atoms with van der Waals surface area (Å²) in [5.74, 6) is 0. The summed E-state index contributed by atoms with van der Waals surface area (Å²) in [5, 5.41) is 4.94. The molecule has 0 spiro atoms. The zero-order chi connectivity index (χ0) is 17.2. The highest BCUT2D eigenvalue weighted by Crippen LogP contribution is 2.23. The number of rotatable bonds is 4. The van der Waals surface area contributed by atoms with Gasteiger partial charge in [-0.2, -0.15) is 0 Å². The van der Waals surface area contributed by atoms with Gasteiger partial charge in [0.2, 0.25) is 0 Å². The normalized spacial score (nSPS) is 11.3. The second-order valence-corrected chi connectivity index (χ2v) is 7.98. The largest absolute Gasteiger partial charge is 0.372 e. The van der Waals surface area contributed by atoms with Crippen LogP contribution in [0.4, 0.5) is 0 Å². The van der Waals surface area contributed by atoms with Crippen LogP contribution in [0.15, 0.2) is 81.7 Å². The highest BCUT2D eigenvalue weighted by molar-refractivity contribution is 9.10. The molecule has 25 heavy (non-hydrogen) atoms. The molecule has 0 saturated carbocycles. The summed E-state index contributed by atoms with van der Waals surface area (Å²) in [6.45, 7) is 1.23. The lowest BCUT2D eigenvalue weighted by Crippen LogP contribution is -1.94. The number of halogens is 2. The van der Waals surface area contributed by atoms with E-state index in [2.05, 4.69) is 105 Å². The number of hydrogen-bond acceptors (Lipinski definition) is 1. The lowest BCUT2D eigenvalue weighted by molar-refractivity contribution is 0.107. The third kappa shape index (κ3) is 3.95. The van der Waals surface area contributed by atoms with E-state index in [1.165, 1.54) is 32.7 Å². The highest BCUT2D eigenvalue weighted by atomic mass is 79.9. The van der Waals surface area contributed by atoms with Crippen molar-refractivity contribution < 1.29 is 4.74 Å². The molecule has 4 rings (SSSR count). The summed E-state index contributed by atoms with van der Waals surface area (Å²) in [4.78, 5) is 0. The number of ether oxygens (including phenoxy) is 1. The molecule has 124 valence electrons. The van der Waals surface area contributed by atoms with E-state index in [4.69, 9.17) is 4.74 Å². The molecule has 3 heteroatoms. The van der Waals surface area contributed by atoms with Gasteiger partial charge in [-0.25, -0.2) is 0 Å². The minimum atomic E-state index is 0.615. The maximum atomic E-state index is 5.93. The van der Waals surface area contributed by atoms with Crippen LogP contribution in [0, 0.1) is 0 Å². The zero-order valence-corrected chi connectivity index (χ0v) is 16.7. The molecule has 0 bridgehead atoms. The van der Waals surface area contributed by atoms with E-state index in [0.717, 1.165) is 8.95 Å². The Morgan fingerprint density at radius 2 is 0.920 bits per heavy atom. The van der Waals surface area contributed by atoms with E-state index in [-0.39, 0.29) is 0 Å². The first-order valence-electron chi connectivity index (χ1n) is 8.11. The lowest BCUT2D eigenvalue weighted by atomic mass is 10.1. The molecule has 0 fully saturated rings. The van der Waals surface area contributed by atoms with Crippen LogP contribution in [0.25, 0.3) is 21.5 Å². The van der Waals surface area contributed by atoms with Gasteiger partial charge in [0.05, 0.1) is 13.2 Å². The van der Waals surface area contributed by atoms with E-state index >= 15 is 0 Å². The van der Waals surface area contributed by atoms with Crippen LogP contribution in [0.5, 0.6) is 0 Å². The minimum Gasteiger partial charge on any atom is -0.372 e. The smallest absolute Gasteiger partial charge is 0.0721 e. The fourth-order valence-electron chi connectivity index (χ4n) is 3.00. The van der Waals surface area contributed by atoms with Crippen molar-refractivity contribution in [3.8, 4) is 0 Å². The molecule has 4 aromatic carbocycles. The van der Waals surface area contributed by atoms with Crippen LogP contribution in [0.1, 0.15) is 11.1 Å². The molecule has 0 aliphatic rings. The SMILES string of the molecule is Brc1ccc2cc(COCc3ccc4cc(Br)ccc4c3)ccc2c1. The third-order valence-electron chi connectivity index (χ3n) is 4.27. The van der Waals surface area contributed by atoms with Gasteiger partial charge < -0.3 is 4.74 Å². The molecule has 1 nitrogen and oxygen atoms in total. The monoisotopic (exact) mass is 454 g/mol. The van der Waals surface area contributed by atoms with Crippen LogP contribution in [-0.4, -0.2) is 0 Å². The van der Waals surface area contributed by atoms with Gasteiger partial charge in [-0.05, 0) is 69.1 Å². The Bertz CT molecular complexity index is 971. The summed E-state index contributed by atoms with van der Waals surface area (Å²) in [6.07, 6.45) is 0. The maximum Gasteiger partial charge on any atom is 0.0721 e. The average molecular weight is 456 g/mol. The van der Waals surface area contributed by atoms with Crippen LogP contribution in [0.3, 0.4) is 0 Å². The third-order valence-corrected chi connectivity index (χ3v) is 5.26. The number of hydrogen-bond donors (Lipinski definition) is 0. The first-order chi connectivity index (χ1) is 12.2. The molecule has 0 aromatic heterocycles.